The SMILES string of the molecule is Fc1ccc(-c2ccn(CC3CCCCN3Cc3ccccc3)n2)cc1. The van der Waals surface area contributed by atoms with Gasteiger partial charge in [0.05, 0.1) is 12.2 Å². The van der Waals surface area contributed by atoms with Crippen LogP contribution in [0.1, 0.15) is 24.8 Å². The molecule has 0 aliphatic carbocycles. The second-order valence-corrected chi connectivity index (χ2v) is 7.04. The van der Waals surface area contributed by atoms with E-state index >= 15 is 0 Å². The van der Waals surface area contributed by atoms with Crippen LogP contribution in [0.5, 0.6) is 0 Å². The molecule has 1 saturated heterocycles. The summed E-state index contributed by atoms with van der Waals surface area (Å²) in [6, 6.07) is 19.7. The van der Waals surface area contributed by atoms with Gasteiger partial charge in [0.15, 0.2) is 0 Å². The van der Waals surface area contributed by atoms with Crippen molar-refractivity contribution in [3.05, 3.63) is 78.2 Å². The van der Waals surface area contributed by atoms with Crippen molar-refractivity contribution in [1.29, 1.82) is 0 Å². The minimum Gasteiger partial charge on any atom is -0.294 e. The van der Waals surface area contributed by atoms with Crippen LogP contribution in [0.4, 0.5) is 4.39 Å². The van der Waals surface area contributed by atoms with Crippen LogP contribution in [0, 0.1) is 5.82 Å². The maximum atomic E-state index is 13.1. The number of aromatic nitrogens is 2. The van der Waals surface area contributed by atoms with E-state index < -0.39 is 0 Å². The van der Waals surface area contributed by atoms with Gasteiger partial charge in [-0.25, -0.2) is 4.39 Å². The second-order valence-electron chi connectivity index (χ2n) is 7.04. The maximum absolute atomic E-state index is 13.1. The van der Waals surface area contributed by atoms with Gasteiger partial charge in [-0.15, -0.1) is 0 Å². The molecule has 3 nitrogen and oxygen atoms in total. The van der Waals surface area contributed by atoms with E-state index in [1.54, 1.807) is 12.1 Å². The molecule has 0 saturated carbocycles. The largest absolute Gasteiger partial charge is 0.294 e. The van der Waals surface area contributed by atoms with Gasteiger partial charge in [0.1, 0.15) is 5.82 Å². The van der Waals surface area contributed by atoms with E-state index in [1.165, 1.54) is 37.0 Å². The summed E-state index contributed by atoms with van der Waals surface area (Å²) in [5.41, 5.74) is 3.22. The Morgan fingerprint density at radius 3 is 2.58 bits per heavy atom. The topological polar surface area (TPSA) is 21.1 Å². The molecule has 0 radical (unpaired) electrons. The molecule has 0 N–H and O–H groups in total. The van der Waals surface area contributed by atoms with Crippen molar-refractivity contribution >= 4 is 0 Å². The van der Waals surface area contributed by atoms with Gasteiger partial charge >= 0.3 is 0 Å². The predicted octanol–water partition coefficient (Wildman–Crippen LogP) is 4.74. The molecule has 1 aliphatic heterocycles. The Labute approximate surface area is 154 Å². The van der Waals surface area contributed by atoms with Gasteiger partial charge in [-0.2, -0.15) is 5.10 Å². The van der Waals surface area contributed by atoms with Gasteiger partial charge in [0.25, 0.3) is 0 Å². The van der Waals surface area contributed by atoms with Gasteiger partial charge in [0, 0.05) is 24.3 Å². The van der Waals surface area contributed by atoms with E-state index in [1.807, 2.05) is 16.9 Å². The van der Waals surface area contributed by atoms with Gasteiger partial charge in [0.2, 0.25) is 0 Å². The third-order valence-corrected chi connectivity index (χ3v) is 5.16. The van der Waals surface area contributed by atoms with Gasteiger partial charge in [-0.1, -0.05) is 36.8 Å². The Morgan fingerprint density at radius 2 is 1.77 bits per heavy atom. The molecule has 3 aromatic rings. The summed E-state index contributed by atoms with van der Waals surface area (Å²) in [5, 5.41) is 4.71. The normalized spacial score (nSPS) is 18.1. The summed E-state index contributed by atoms with van der Waals surface area (Å²) in [6.07, 6.45) is 5.79. The monoisotopic (exact) mass is 349 g/mol. The van der Waals surface area contributed by atoms with Gasteiger partial charge in [-0.05, 0) is 55.3 Å². The first-order valence-electron chi connectivity index (χ1n) is 9.35. The predicted molar refractivity (Wildman–Crippen MR) is 102 cm³/mol. The number of piperidine rings is 1. The molecule has 0 spiro atoms. The Bertz CT molecular complexity index is 826. The fourth-order valence-electron chi connectivity index (χ4n) is 3.75. The molecule has 0 amide bonds. The molecule has 2 aromatic carbocycles. The summed E-state index contributed by atoms with van der Waals surface area (Å²) in [7, 11) is 0. The fraction of sp³-hybridized carbons (Fsp3) is 0.318. The van der Waals surface area contributed by atoms with E-state index in [0.29, 0.717) is 6.04 Å². The fourth-order valence-corrected chi connectivity index (χ4v) is 3.75. The third kappa shape index (κ3) is 4.02. The zero-order valence-electron chi connectivity index (χ0n) is 14.9. The number of nitrogens with zero attached hydrogens (tertiary/aromatic N) is 3. The number of likely N-dealkylation sites (tertiary alicyclic amines) is 1. The summed E-state index contributed by atoms with van der Waals surface area (Å²) < 4.78 is 15.1. The van der Waals surface area contributed by atoms with Crippen LogP contribution in [0.25, 0.3) is 11.3 Å². The van der Waals surface area contributed by atoms with Crippen molar-refractivity contribution in [2.24, 2.45) is 0 Å². The number of rotatable bonds is 5. The minimum absolute atomic E-state index is 0.216. The smallest absolute Gasteiger partial charge is 0.123 e. The minimum atomic E-state index is -0.216. The summed E-state index contributed by atoms with van der Waals surface area (Å²) in [5.74, 6) is -0.216. The van der Waals surface area contributed by atoms with Crippen LogP contribution in [0.15, 0.2) is 66.9 Å². The lowest BCUT2D eigenvalue weighted by Crippen LogP contribution is -2.41. The summed E-state index contributed by atoms with van der Waals surface area (Å²) in [6.45, 7) is 3.04. The van der Waals surface area contributed by atoms with E-state index in [4.69, 9.17) is 5.10 Å². The van der Waals surface area contributed by atoms with Crippen molar-refractivity contribution in [1.82, 2.24) is 14.7 Å². The molecular weight excluding hydrogens is 325 g/mol. The molecule has 1 unspecified atom stereocenters. The highest BCUT2D eigenvalue weighted by Gasteiger charge is 2.23. The van der Waals surface area contributed by atoms with Crippen LogP contribution in [-0.4, -0.2) is 27.3 Å². The van der Waals surface area contributed by atoms with Crippen molar-refractivity contribution < 1.29 is 4.39 Å². The van der Waals surface area contributed by atoms with Crippen LogP contribution >= 0.6 is 0 Å². The Balaban J connectivity index is 1.45. The van der Waals surface area contributed by atoms with Crippen molar-refractivity contribution in [3.8, 4) is 11.3 Å². The van der Waals surface area contributed by atoms with E-state index in [-0.39, 0.29) is 5.82 Å². The van der Waals surface area contributed by atoms with Crippen LogP contribution < -0.4 is 0 Å². The van der Waals surface area contributed by atoms with Crippen LogP contribution in [-0.2, 0) is 13.1 Å². The molecule has 1 fully saturated rings. The van der Waals surface area contributed by atoms with Crippen LogP contribution in [0.2, 0.25) is 0 Å². The summed E-state index contributed by atoms with van der Waals surface area (Å²) in [4.78, 5) is 2.58. The molecule has 1 aromatic heterocycles. The number of halogens is 1. The van der Waals surface area contributed by atoms with E-state index in [0.717, 1.165) is 30.9 Å². The van der Waals surface area contributed by atoms with Crippen LogP contribution in [0.3, 0.4) is 0 Å². The number of benzene rings is 2. The lowest BCUT2D eigenvalue weighted by Gasteiger charge is -2.35. The molecule has 4 rings (SSSR count). The maximum Gasteiger partial charge on any atom is 0.123 e. The second kappa shape index (κ2) is 7.83. The number of hydrogen-bond donors (Lipinski definition) is 0. The molecule has 26 heavy (non-hydrogen) atoms. The van der Waals surface area contributed by atoms with E-state index in [9.17, 15) is 4.39 Å². The first-order valence-corrected chi connectivity index (χ1v) is 9.35. The molecule has 4 heteroatoms. The quantitative estimate of drug-likeness (QED) is 0.663. The Morgan fingerprint density at radius 1 is 0.962 bits per heavy atom. The average molecular weight is 349 g/mol. The Hall–Kier alpha value is -2.46. The molecule has 134 valence electrons. The standard InChI is InChI=1S/C22H24FN3/c23-20-11-9-19(10-12-20)22-13-15-26(24-22)17-21-8-4-5-14-25(21)16-18-6-2-1-3-7-18/h1-3,6-7,9-13,15,21H,4-5,8,14,16-17H2. The first-order chi connectivity index (χ1) is 12.8. The number of hydrogen-bond acceptors (Lipinski definition) is 2. The van der Waals surface area contributed by atoms with Crippen molar-refractivity contribution in [2.75, 3.05) is 6.54 Å². The average Bonchev–Trinajstić information content (AvgIpc) is 3.13. The highest BCUT2D eigenvalue weighted by molar-refractivity contribution is 5.58. The molecule has 1 aliphatic rings. The Kier molecular flexibility index (Phi) is 5.12. The molecule has 0 bridgehead atoms. The van der Waals surface area contributed by atoms with Gasteiger partial charge in [-0.3, -0.25) is 9.58 Å². The molecular formula is C22H24FN3. The lowest BCUT2D eigenvalue weighted by molar-refractivity contribution is 0.122. The highest BCUT2D eigenvalue weighted by atomic mass is 19.1. The lowest BCUT2D eigenvalue weighted by atomic mass is 10.0. The van der Waals surface area contributed by atoms with E-state index in [2.05, 4.69) is 35.2 Å². The van der Waals surface area contributed by atoms with Gasteiger partial charge < -0.3 is 0 Å². The third-order valence-electron chi connectivity index (χ3n) is 5.16. The first kappa shape index (κ1) is 17.0. The molecule has 2 heterocycles. The highest BCUT2D eigenvalue weighted by Crippen LogP contribution is 2.22. The molecule has 1 atom stereocenters. The zero-order valence-corrected chi connectivity index (χ0v) is 14.9. The summed E-state index contributed by atoms with van der Waals surface area (Å²) >= 11 is 0. The zero-order chi connectivity index (χ0) is 17.8. The van der Waals surface area contributed by atoms with Crippen molar-refractivity contribution in [2.45, 2.75) is 38.4 Å². The van der Waals surface area contributed by atoms with Crippen molar-refractivity contribution in [3.63, 3.8) is 0 Å².